The van der Waals surface area contributed by atoms with Crippen molar-refractivity contribution in [1.29, 1.82) is 0 Å². The van der Waals surface area contributed by atoms with Gasteiger partial charge in [-0.3, -0.25) is 0 Å². The molecule has 0 saturated carbocycles. The summed E-state index contributed by atoms with van der Waals surface area (Å²) in [4.78, 5) is 0.562. The summed E-state index contributed by atoms with van der Waals surface area (Å²) in [6, 6.07) is 2.95. The zero-order chi connectivity index (χ0) is 12.3. The van der Waals surface area contributed by atoms with Crippen LogP contribution in [0, 0.1) is 5.82 Å². The minimum absolute atomic E-state index is 0.239. The van der Waals surface area contributed by atoms with E-state index in [4.69, 9.17) is 15.2 Å². The Balaban J connectivity index is 2.03. The number of rotatable bonds is 4. The van der Waals surface area contributed by atoms with Gasteiger partial charge in [0.15, 0.2) is 0 Å². The summed E-state index contributed by atoms with van der Waals surface area (Å²) >= 11 is 1.45. The van der Waals surface area contributed by atoms with Crippen LogP contribution in [0.4, 0.5) is 10.1 Å². The van der Waals surface area contributed by atoms with Gasteiger partial charge < -0.3 is 15.2 Å². The molecule has 0 aromatic heterocycles. The molecule has 1 saturated heterocycles. The maximum atomic E-state index is 13.6. The topological polar surface area (TPSA) is 44.5 Å². The van der Waals surface area contributed by atoms with Gasteiger partial charge in [0.1, 0.15) is 11.6 Å². The highest BCUT2D eigenvalue weighted by Gasteiger charge is 2.17. The molecule has 94 valence electrons. The average molecular weight is 257 g/mol. The van der Waals surface area contributed by atoms with Crippen LogP contribution in [0.2, 0.25) is 0 Å². The van der Waals surface area contributed by atoms with Crippen LogP contribution >= 0.6 is 11.8 Å². The van der Waals surface area contributed by atoms with Crippen LogP contribution in [-0.4, -0.2) is 25.6 Å². The SMILES string of the molecule is COc1cc(SCC2CCCO2)c(F)cc1N. The number of halogens is 1. The second kappa shape index (κ2) is 5.60. The van der Waals surface area contributed by atoms with E-state index in [-0.39, 0.29) is 11.9 Å². The molecule has 17 heavy (non-hydrogen) atoms. The highest BCUT2D eigenvalue weighted by Crippen LogP contribution is 2.32. The number of methoxy groups -OCH3 is 1. The third-order valence-corrected chi connectivity index (χ3v) is 3.90. The molecule has 2 N–H and O–H groups in total. The molecular formula is C12H16FNO2S. The minimum Gasteiger partial charge on any atom is -0.495 e. The zero-order valence-corrected chi connectivity index (χ0v) is 10.6. The molecule has 1 heterocycles. The molecule has 0 aliphatic carbocycles. The van der Waals surface area contributed by atoms with Crippen molar-refractivity contribution in [3.63, 3.8) is 0 Å². The van der Waals surface area contributed by atoms with Crippen molar-refractivity contribution >= 4 is 17.4 Å². The van der Waals surface area contributed by atoms with E-state index in [9.17, 15) is 4.39 Å². The Labute approximate surface area is 104 Å². The Kier molecular flexibility index (Phi) is 4.12. The summed E-state index contributed by atoms with van der Waals surface area (Å²) in [6.45, 7) is 0.818. The van der Waals surface area contributed by atoms with E-state index in [1.807, 2.05) is 0 Å². The van der Waals surface area contributed by atoms with Crippen LogP contribution in [0.1, 0.15) is 12.8 Å². The molecule has 0 radical (unpaired) electrons. The summed E-state index contributed by atoms with van der Waals surface area (Å²) < 4.78 is 24.2. The van der Waals surface area contributed by atoms with E-state index >= 15 is 0 Å². The Bertz CT molecular complexity index is 394. The summed E-state index contributed by atoms with van der Waals surface area (Å²) in [5.41, 5.74) is 5.95. The summed E-state index contributed by atoms with van der Waals surface area (Å²) in [5, 5.41) is 0. The number of nitrogens with two attached hydrogens (primary N) is 1. The fraction of sp³-hybridized carbons (Fsp3) is 0.500. The molecule has 1 unspecified atom stereocenters. The molecule has 1 aromatic carbocycles. The van der Waals surface area contributed by atoms with Gasteiger partial charge in [-0.1, -0.05) is 0 Å². The first-order chi connectivity index (χ1) is 8.20. The molecule has 0 amide bonds. The predicted molar refractivity (Wildman–Crippen MR) is 67.1 cm³/mol. The number of nitrogen functional groups attached to an aromatic ring is 1. The van der Waals surface area contributed by atoms with Gasteiger partial charge in [-0.25, -0.2) is 4.39 Å². The first kappa shape index (κ1) is 12.5. The molecule has 0 spiro atoms. The van der Waals surface area contributed by atoms with Crippen LogP contribution < -0.4 is 10.5 Å². The first-order valence-corrected chi connectivity index (χ1v) is 6.56. The van der Waals surface area contributed by atoms with Crippen LogP contribution in [0.25, 0.3) is 0 Å². The minimum atomic E-state index is -0.300. The third kappa shape index (κ3) is 3.04. The monoisotopic (exact) mass is 257 g/mol. The predicted octanol–water partition coefficient (Wildman–Crippen LogP) is 2.69. The number of ether oxygens (including phenoxy) is 2. The number of benzene rings is 1. The average Bonchev–Trinajstić information content (AvgIpc) is 2.81. The Morgan fingerprint density at radius 1 is 1.59 bits per heavy atom. The van der Waals surface area contributed by atoms with Crippen LogP contribution in [0.3, 0.4) is 0 Å². The quantitative estimate of drug-likeness (QED) is 0.665. The lowest BCUT2D eigenvalue weighted by Crippen LogP contribution is -2.08. The maximum absolute atomic E-state index is 13.6. The highest BCUT2D eigenvalue weighted by molar-refractivity contribution is 7.99. The van der Waals surface area contributed by atoms with Gasteiger partial charge in [-0.2, -0.15) is 0 Å². The molecule has 3 nitrogen and oxygen atoms in total. The van der Waals surface area contributed by atoms with Crippen molar-refractivity contribution < 1.29 is 13.9 Å². The van der Waals surface area contributed by atoms with Crippen LogP contribution in [-0.2, 0) is 4.74 Å². The lowest BCUT2D eigenvalue weighted by Gasteiger charge is -2.11. The second-order valence-corrected chi connectivity index (χ2v) is 5.03. The lowest BCUT2D eigenvalue weighted by atomic mass is 10.3. The molecule has 1 aromatic rings. The Morgan fingerprint density at radius 2 is 2.41 bits per heavy atom. The van der Waals surface area contributed by atoms with Crippen molar-refractivity contribution in [2.45, 2.75) is 23.8 Å². The summed E-state index contributed by atoms with van der Waals surface area (Å²) in [7, 11) is 1.53. The fourth-order valence-electron chi connectivity index (χ4n) is 1.80. The molecule has 2 rings (SSSR count). The van der Waals surface area contributed by atoms with E-state index in [1.165, 1.54) is 24.9 Å². The van der Waals surface area contributed by atoms with Gasteiger partial charge >= 0.3 is 0 Å². The van der Waals surface area contributed by atoms with Gasteiger partial charge in [0.25, 0.3) is 0 Å². The second-order valence-electron chi connectivity index (χ2n) is 3.97. The molecule has 1 fully saturated rings. The van der Waals surface area contributed by atoms with Crippen molar-refractivity contribution in [2.75, 3.05) is 25.2 Å². The lowest BCUT2D eigenvalue weighted by molar-refractivity contribution is 0.129. The largest absolute Gasteiger partial charge is 0.495 e. The van der Waals surface area contributed by atoms with E-state index in [1.54, 1.807) is 6.07 Å². The van der Waals surface area contributed by atoms with Crippen molar-refractivity contribution in [2.24, 2.45) is 0 Å². The highest BCUT2D eigenvalue weighted by atomic mass is 32.2. The first-order valence-electron chi connectivity index (χ1n) is 5.58. The van der Waals surface area contributed by atoms with Crippen molar-refractivity contribution in [3.05, 3.63) is 17.9 Å². The molecule has 1 aliphatic heterocycles. The summed E-state index contributed by atoms with van der Waals surface area (Å²) in [6.07, 6.45) is 2.39. The standard InChI is InChI=1S/C12H16FNO2S/c1-15-11-6-12(9(13)5-10(11)14)17-7-8-3-2-4-16-8/h5-6,8H,2-4,7,14H2,1H3. The molecule has 0 bridgehead atoms. The Morgan fingerprint density at radius 3 is 3.06 bits per heavy atom. The third-order valence-electron chi connectivity index (χ3n) is 2.73. The molecular weight excluding hydrogens is 241 g/mol. The van der Waals surface area contributed by atoms with Gasteiger partial charge in [0.05, 0.1) is 18.9 Å². The molecule has 5 heteroatoms. The fourth-order valence-corrected chi connectivity index (χ4v) is 2.81. The van der Waals surface area contributed by atoms with Gasteiger partial charge in [0, 0.05) is 23.3 Å². The number of hydrogen-bond acceptors (Lipinski definition) is 4. The van der Waals surface area contributed by atoms with Gasteiger partial charge in [0.2, 0.25) is 0 Å². The van der Waals surface area contributed by atoms with E-state index in [0.717, 1.165) is 25.2 Å². The molecule has 1 aliphatic rings. The number of hydrogen-bond donors (Lipinski definition) is 1. The van der Waals surface area contributed by atoms with Crippen LogP contribution in [0.5, 0.6) is 5.75 Å². The van der Waals surface area contributed by atoms with Crippen LogP contribution in [0.15, 0.2) is 17.0 Å². The summed E-state index contributed by atoms with van der Waals surface area (Å²) in [5.74, 6) is 0.983. The number of thioether (sulfide) groups is 1. The van der Waals surface area contributed by atoms with Crippen molar-refractivity contribution in [1.82, 2.24) is 0 Å². The number of anilines is 1. The smallest absolute Gasteiger partial charge is 0.143 e. The van der Waals surface area contributed by atoms with E-state index in [0.29, 0.717) is 16.3 Å². The van der Waals surface area contributed by atoms with Gasteiger partial charge in [-0.05, 0) is 18.9 Å². The Hall–Kier alpha value is -0.940. The maximum Gasteiger partial charge on any atom is 0.143 e. The van der Waals surface area contributed by atoms with Crippen molar-refractivity contribution in [3.8, 4) is 5.75 Å². The zero-order valence-electron chi connectivity index (χ0n) is 9.74. The normalized spacial score (nSPS) is 19.5. The van der Waals surface area contributed by atoms with E-state index < -0.39 is 0 Å². The van der Waals surface area contributed by atoms with Gasteiger partial charge in [-0.15, -0.1) is 11.8 Å². The molecule has 1 atom stereocenters. The van der Waals surface area contributed by atoms with E-state index in [2.05, 4.69) is 0 Å².